The Hall–Kier alpha value is -2.37. The maximum Gasteiger partial charge on any atom is 0.306 e. The van der Waals surface area contributed by atoms with Gasteiger partial charge in [0.25, 0.3) is 0 Å². The van der Waals surface area contributed by atoms with Crippen molar-refractivity contribution in [1.29, 1.82) is 0 Å². The van der Waals surface area contributed by atoms with Gasteiger partial charge in [-0.25, -0.2) is 0 Å². The van der Waals surface area contributed by atoms with E-state index < -0.39 is 6.10 Å². The molecule has 1 unspecified atom stereocenters. The highest BCUT2D eigenvalue weighted by molar-refractivity contribution is 5.71. The Morgan fingerprint density at radius 2 is 0.493 bits per heavy atom. The lowest BCUT2D eigenvalue weighted by Gasteiger charge is -2.18. The molecule has 0 radical (unpaired) electrons. The summed E-state index contributed by atoms with van der Waals surface area (Å²) in [5, 5.41) is 0. The van der Waals surface area contributed by atoms with Crippen LogP contribution in [0.2, 0.25) is 0 Å². The van der Waals surface area contributed by atoms with E-state index in [0.717, 1.165) is 70.6 Å². The van der Waals surface area contributed by atoms with E-state index in [-0.39, 0.29) is 31.1 Å². The third kappa shape index (κ3) is 60.4. The second-order valence-corrected chi connectivity index (χ2v) is 22.0. The molecule has 0 fully saturated rings. The van der Waals surface area contributed by atoms with E-state index in [2.05, 4.69) is 57.2 Å². The maximum atomic E-state index is 12.8. The van der Waals surface area contributed by atoms with E-state index in [1.54, 1.807) is 0 Å². The van der Waals surface area contributed by atoms with Crippen molar-refractivity contribution in [2.24, 2.45) is 0 Å². The van der Waals surface area contributed by atoms with Crippen LogP contribution in [0.25, 0.3) is 0 Å². The molecule has 0 aromatic heterocycles. The van der Waals surface area contributed by atoms with E-state index in [0.29, 0.717) is 19.3 Å². The molecule has 0 aromatic carbocycles. The monoisotopic (exact) mass is 1020 g/mol. The first-order valence-electron chi connectivity index (χ1n) is 32.5. The second kappa shape index (κ2) is 62.2. The van der Waals surface area contributed by atoms with Crippen LogP contribution in [-0.4, -0.2) is 37.2 Å². The minimum absolute atomic E-state index is 0.0654. The van der Waals surface area contributed by atoms with E-state index in [9.17, 15) is 14.4 Å². The lowest BCUT2D eigenvalue weighted by molar-refractivity contribution is -0.167. The molecule has 0 bridgehead atoms. The first-order valence-corrected chi connectivity index (χ1v) is 32.5. The fourth-order valence-electron chi connectivity index (χ4n) is 9.75. The van der Waals surface area contributed by atoms with Crippen molar-refractivity contribution in [2.75, 3.05) is 13.2 Å². The van der Waals surface area contributed by atoms with Gasteiger partial charge in [0, 0.05) is 19.3 Å². The Morgan fingerprint density at radius 3 is 0.767 bits per heavy atom. The third-order valence-corrected chi connectivity index (χ3v) is 14.6. The molecule has 1 atom stereocenters. The maximum absolute atomic E-state index is 12.8. The lowest BCUT2D eigenvalue weighted by Crippen LogP contribution is -2.30. The van der Waals surface area contributed by atoms with Gasteiger partial charge in [0.1, 0.15) is 13.2 Å². The summed E-state index contributed by atoms with van der Waals surface area (Å²) in [5.74, 6) is -0.843. The van der Waals surface area contributed by atoms with Crippen LogP contribution in [0, 0.1) is 0 Å². The first kappa shape index (κ1) is 70.6. The number of rotatable bonds is 60. The van der Waals surface area contributed by atoms with Gasteiger partial charge >= 0.3 is 17.9 Å². The smallest absolute Gasteiger partial charge is 0.306 e. The molecule has 0 saturated heterocycles. The molecule has 0 aliphatic heterocycles. The van der Waals surface area contributed by atoms with Crippen LogP contribution in [0.5, 0.6) is 0 Å². The Bertz CT molecular complexity index is 1220. The average molecular weight is 1030 g/mol. The molecule has 0 aliphatic carbocycles. The Labute approximate surface area is 455 Å². The van der Waals surface area contributed by atoms with Gasteiger partial charge in [-0.15, -0.1) is 0 Å². The quantitative estimate of drug-likeness (QED) is 0.0261. The fraction of sp³-hybridized carbons (Fsp3) is 0.866. The van der Waals surface area contributed by atoms with Crippen molar-refractivity contribution in [3.05, 3.63) is 36.5 Å². The predicted octanol–water partition coefficient (Wildman–Crippen LogP) is 22.0. The molecule has 0 saturated carbocycles. The van der Waals surface area contributed by atoms with Gasteiger partial charge < -0.3 is 14.2 Å². The van der Waals surface area contributed by atoms with Crippen LogP contribution in [-0.2, 0) is 28.6 Å². The Kier molecular flexibility index (Phi) is 60.2. The van der Waals surface area contributed by atoms with E-state index >= 15 is 0 Å². The molecule has 0 aromatic rings. The van der Waals surface area contributed by atoms with Gasteiger partial charge in [0.2, 0.25) is 0 Å². The summed E-state index contributed by atoms with van der Waals surface area (Å²) in [6.07, 6.45) is 76.0. The summed E-state index contributed by atoms with van der Waals surface area (Å²) in [5.41, 5.74) is 0. The number of hydrogen-bond donors (Lipinski definition) is 0. The molecule has 73 heavy (non-hydrogen) atoms. The van der Waals surface area contributed by atoms with Gasteiger partial charge in [0.15, 0.2) is 6.10 Å². The molecule has 0 rings (SSSR count). The van der Waals surface area contributed by atoms with Crippen LogP contribution in [0.15, 0.2) is 36.5 Å². The molecule has 428 valence electrons. The first-order chi connectivity index (χ1) is 36.0. The molecule has 6 heteroatoms. The summed E-state index contributed by atoms with van der Waals surface area (Å²) < 4.78 is 16.9. The topological polar surface area (TPSA) is 78.9 Å². The Morgan fingerprint density at radius 1 is 0.274 bits per heavy atom. The van der Waals surface area contributed by atoms with Crippen LogP contribution >= 0.6 is 0 Å². The lowest BCUT2D eigenvalue weighted by atomic mass is 10.0. The fourth-order valence-corrected chi connectivity index (χ4v) is 9.75. The molecular weight excluding hydrogens is 901 g/mol. The number of esters is 3. The Balaban J connectivity index is 4.08. The number of hydrogen-bond acceptors (Lipinski definition) is 6. The molecule has 0 heterocycles. The standard InChI is InChI=1S/C67H124O6/c1-4-7-10-13-16-19-22-25-26-27-28-29-30-31-32-33-34-35-36-37-38-39-40-41-42-43-46-48-51-54-57-60-66(69)72-63-64(73-67(70)61-58-55-52-49-45-24-21-18-15-12-9-6-3)62-71-65(68)59-56-53-50-47-44-23-20-17-14-11-8-5-2/h22,25,27-28,30-31,64H,4-21,23-24,26,29,32-63H2,1-3H3/b25-22-,28-27-,31-30-. The highest BCUT2D eigenvalue weighted by atomic mass is 16.6. The minimum Gasteiger partial charge on any atom is -0.462 e. The number of carbonyl (C=O) groups excluding carboxylic acids is 3. The van der Waals surface area contributed by atoms with Crippen LogP contribution in [0.3, 0.4) is 0 Å². The van der Waals surface area contributed by atoms with Crippen molar-refractivity contribution in [3.63, 3.8) is 0 Å². The average Bonchev–Trinajstić information content (AvgIpc) is 3.39. The van der Waals surface area contributed by atoms with Gasteiger partial charge in [-0.05, 0) is 57.8 Å². The number of carbonyl (C=O) groups is 3. The largest absolute Gasteiger partial charge is 0.462 e. The molecule has 0 aliphatic rings. The second-order valence-electron chi connectivity index (χ2n) is 22.0. The van der Waals surface area contributed by atoms with E-state index in [1.165, 1.54) is 244 Å². The minimum atomic E-state index is -0.765. The summed E-state index contributed by atoms with van der Waals surface area (Å²) in [6.45, 7) is 6.67. The van der Waals surface area contributed by atoms with Crippen molar-refractivity contribution in [2.45, 2.75) is 361 Å². The molecule has 0 N–H and O–H groups in total. The number of ether oxygens (including phenoxy) is 3. The number of unbranched alkanes of at least 4 members (excludes halogenated alkanes) is 43. The van der Waals surface area contributed by atoms with Gasteiger partial charge in [-0.1, -0.05) is 314 Å². The molecule has 0 amide bonds. The van der Waals surface area contributed by atoms with Crippen LogP contribution in [0.4, 0.5) is 0 Å². The van der Waals surface area contributed by atoms with E-state index in [4.69, 9.17) is 14.2 Å². The molecular formula is C67H124O6. The SMILES string of the molecule is CCCCCCC/C=C\C/C=C\C/C=C\CCCCCCCCCCCCCCCCCCC(=O)OCC(COC(=O)CCCCCCCCCCCCCC)OC(=O)CCCCCCCCCCCCCC. The van der Waals surface area contributed by atoms with Crippen molar-refractivity contribution < 1.29 is 28.6 Å². The summed E-state index contributed by atoms with van der Waals surface area (Å²) in [7, 11) is 0. The summed E-state index contributed by atoms with van der Waals surface area (Å²) in [4.78, 5) is 38.2. The van der Waals surface area contributed by atoms with Gasteiger partial charge in [0.05, 0.1) is 0 Å². The molecule has 0 spiro atoms. The van der Waals surface area contributed by atoms with Crippen molar-refractivity contribution >= 4 is 17.9 Å². The predicted molar refractivity (Wildman–Crippen MR) is 316 cm³/mol. The van der Waals surface area contributed by atoms with Crippen LogP contribution < -0.4 is 0 Å². The zero-order chi connectivity index (χ0) is 52.9. The highest BCUT2D eigenvalue weighted by Gasteiger charge is 2.19. The van der Waals surface area contributed by atoms with Crippen molar-refractivity contribution in [1.82, 2.24) is 0 Å². The van der Waals surface area contributed by atoms with Gasteiger partial charge in [-0.3, -0.25) is 14.4 Å². The highest BCUT2D eigenvalue weighted by Crippen LogP contribution is 2.18. The van der Waals surface area contributed by atoms with Gasteiger partial charge in [-0.2, -0.15) is 0 Å². The van der Waals surface area contributed by atoms with Crippen LogP contribution in [0.1, 0.15) is 355 Å². The third-order valence-electron chi connectivity index (χ3n) is 14.6. The zero-order valence-electron chi connectivity index (χ0n) is 49.2. The molecule has 6 nitrogen and oxygen atoms in total. The van der Waals surface area contributed by atoms with E-state index in [1.807, 2.05) is 0 Å². The number of allylic oxidation sites excluding steroid dienone is 6. The normalized spacial score (nSPS) is 12.2. The summed E-state index contributed by atoms with van der Waals surface area (Å²) in [6, 6.07) is 0. The zero-order valence-corrected chi connectivity index (χ0v) is 49.2. The summed E-state index contributed by atoms with van der Waals surface area (Å²) >= 11 is 0. The van der Waals surface area contributed by atoms with Crippen molar-refractivity contribution in [3.8, 4) is 0 Å².